The topological polar surface area (TPSA) is 231 Å². The van der Waals surface area contributed by atoms with Crippen molar-refractivity contribution in [1.82, 2.24) is 28.1 Å². The molecule has 2 aliphatic heterocycles. The lowest BCUT2D eigenvalue weighted by Crippen LogP contribution is -2.50. The maximum Gasteiger partial charge on any atom is 0.262 e. The van der Waals surface area contributed by atoms with Crippen molar-refractivity contribution >= 4 is 66.7 Å². The van der Waals surface area contributed by atoms with Crippen LogP contribution in [-0.2, 0) is 37.8 Å². The molecule has 0 bridgehead atoms. The molecule has 698 valence electrons. The highest BCUT2D eigenvalue weighted by molar-refractivity contribution is 6.13. The first-order chi connectivity index (χ1) is 61.1. The number of nitrogens with zero attached hydrogens (tertiary/aromatic N) is 6. The van der Waals surface area contributed by atoms with Crippen molar-refractivity contribution in [2.45, 2.75) is 446 Å². The Kier molecular flexibility index (Phi) is 41.6. The van der Waals surface area contributed by atoms with Crippen LogP contribution in [0, 0.1) is 53.3 Å². The number of imide groups is 2. The van der Waals surface area contributed by atoms with Gasteiger partial charge >= 0.3 is 0 Å². The van der Waals surface area contributed by atoms with Crippen molar-refractivity contribution in [3.05, 3.63) is 131 Å². The molecule has 10 rings (SSSR count). The van der Waals surface area contributed by atoms with Crippen LogP contribution in [-0.4, -0.2) is 64.8 Å². The highest BCUT2D eigenvalue weighted by Crippen LogP contribution is 2.50. The van der Waals surface area contributed by atoms with E-state index in [2.05, 4.69) is 27.7 Å². The predicted molar refractivity (Wildman–Crippen MR) is 518 cm³/mol. The molecule has 0 radical (unpaired) electrons. The summed E-state index contributed by atoms with van der Waals surface area (Å²) < 4.78 is 4.67. The first kappa shape index (κ1) is 101. The maximum absolute atomic E-state index is 14.9. The standard InChI is InChI=1S/C108H164N6O12/c1-9-13-17-21-33-45-57-83-79(53-41-19-15-11-3)61-63-81(85(83)59-47-35-25-29-37-49-69-109-96(115)65-66-97(109)116)55-43-31-23-27-39-51-71-111-100(119)87-74-91-92(75-88(87)101(111)120)105(124)113(104(91)123)95(73-78(5)6)108(7,8)114-106(125)93-76-89-90(77-94(93)107(114)126)103(122)112(102(89)121)72-52-40-28-24-32-44-56-82-64-62-80(54-42-20-16-12-4)84(58-46-34-22-18-14-10-2)86(82)60-48-36-26-30-38-50-70-110-98(117)67-68-99(110)118/h65-68,74-86,95H,9-64,69-73H2,1-8H3. The molecule has 2 saturated carbocycles. The average molecular weight is 1740 g/mol. The fraction of sp³-hybridized carbons (Fsp3) is 0.741. The lowest BCUT2D eigenvalue weighted by molar-refractivity contribution is -0.138. The van der Waals surface area contributed by atoms with E-state index < -0.39 is 56.1 Å². The minimum Gasteiger partial charge on any atom is -0.275 e. The molecule has 9 atom stereocenters. The van der Waals surface area contributed by atoms with Gasteiger partial charge in [-0.3, -0.25) is 85.6 Å². The molecule has 4 aromatic heterocycles. The van der Waals surface area contributed by atoms with Crippen molar-refractivity contribution in [2.24, 2.45) is 53.3 Å². The van der Waals surface area contributed by atoms with Crippen LogP contribution < -0.4 is 44.5 Å². The minimum absolute atomic E-state index is 0.0138. The minimum atomic E-state index is -1.52. The van der Waals surface area contributed by atoms with Gasteiger partial charge in [-0.05, 0) is 175 Å². The highest BCUT2D eigenvalue weighted by Gasteiger charge is 2.43. The highest BCUT2D eigenvalue weighted by atomic mass is 16.2. The van der Waals surface area contributed by atoms with E-state index in [9.17, 15) is 57.5 Å². The second-order valence-corrected chi connectivity index (χ2v) is 40.8. The van der Waals surface area contributed by atoms with Crippen molar-refractivity contribution < 1.29 is 19.2 Å². The van der Waals surface area contributed by atoms with Crippen LogP contribution >= 0.6 is 0 Å². The molecule has 4 aliphatic rings. The molecule has 18 heteroatoms. The third-order valence-electron chi connectivity index (χ3n) is 30.9. The zero-order valence-corrected chi connectivity index (χ0v) is 79.6. The number of rotatable bonds is 65. The van der Waals surface area contributed by atoms with Crippen LogP contribution in [0.15, 0.2) is 86.9 Å². The second kappa shape index (κ2) is 52.0. The molecule has 0 spiro atoms. The van der Waals surface area contributed by atoms with Gasteiger partial charge in [-0.2, -0.15) is 0 Å². The Labute approximate surface area is 753 Å². The number of aromatic nitrogens is 4. The van der Waals surface area contributed by atoms with Gasteiger partial charge in [0.2, 0.25) is 0 Å². The maximum atomic E-state index is 14.9. The summed E-state index contributed by atoms with van der Waals surface area (Å²) in [6, 6.07) is 4.46. The van der Waals surface area contributed by atoms with Gasteiger partial charge in [-0.1, -0.05) is 324 Å². The Morgan fingerprint density at radius 3 is 0.746 bits per heavy atom. The van der Waals surface area contributed by atoms with Crippen molar-refractivity contribution in [2.75, 3.05) is 13.1 Å². The van der Waals surface area contributed by atoms with E-state index in [1.165, 1.54) is 324 Å². The fourth-order valence-corrected chi connectivity index (χ4v) is 23.7. The molecule has 0 saturated heterocycles. The molecule has 2 aliphatic carbocycles. The van der Waals surface area contributed by atoms with E-state index in [1.807, 2.05) is 13.8 Å². The summed E-state index contributed by atoms with van der Waals surface area (Å²) in [4.78, 5) is 168. The summed E-state index contributed by atoms with van der Waals surface area (Å²) >= 11 is 0. The van der Waals surface area contributed by atoms with E-state index in [0.717, 1.165) is 146 Å². The van der Waals surface area contributed by atoms with Gasteiger partial charge < -0.3 is 0 Å². The first-order valence-electron chi connectivity index (χ1n) is 52.0. The lowest BCUT2D eigenvalue weighted by Gasteiger charge is -2.44. The molecular formula is C108H164N6O12. The SMILES string of the molecule is CCCCCCCCC1C(CCCCCC)CCC(CCCCCCCCn2c(=O)c3cc4c(=O)n(C(CC(C)C)C(C)(C)n5c(=O)c6cc7c(=O)n(CCCCCCCCC8CCC(CCCCCC)C(CCCCCCCC)C8CCCCCCCCN8C(=O)C=CC8=O)c(=O)c7cc6c5=O)c(=O)c4cc3c2=O)C1CCCCCCCCN1C(=O)C=CC1=O. The number of carbonyl (C=O) groups is 4. The summed E-state index contributed by atoms with van der Waals surface area (Å²) in [5.41, 5.74) is -6.28. The van der Waals surface area contributed by atoms with Crippen LogP contribution in [0.5, 0.6) is 0 Å². The first-order valence-corrected chi connectivity index (χ1v) is 52.0. The molecule has 18 nitrogen and oxygen atoms in total. The molecule has 2 aromatic carbocycles. The van der Waals surface area contributed by atoms with E-state index >= 15 is 0 Å². The lowest BCUT2D eigenvalue weighted by atomic mass is 9.61. The molecule has 0 N–H and O–H groups in total. The number of fused-ring (bicyclic) bond motifs is 4. The Bertz CT molecular complexity index is 4740. The Balaban J connectivity index is 0.721. The Hall–Kier alpha value is -7.24. The fourth-order valence-electron chi connectivity index (χ4n) is 23.7. The molecule has 2 fully saturated rings. The number of benzene rings is 2. The van der Waals surface area contributed by atoms with Crippen LogP contribution in [0.3, 0.4) is 0 Å². The Morgan fingerprint density at radius 1 is 0.270 bits per heavy atom. The predicted octanol–water partition coefficient (Wildman–Crippen LogP) is 23.9. The molecule has 126 heavy (non-hydrogen) atoms. The summed E-state index contributed by atoms with van der Waals surface area (Å²) in [6.07, 6.45) is 73.6. The van der Waals surface area contributed by atoms with E-state index in [0.29, 0.717) is 25.9 Å². The normalized spacial score (nSPS) is 19.8. The smallest absolute Gasteiger partial charge is 0.262 e. The van der Waals surface area contributed by atoms with E-state index in [1.54, 1.807) is 13.8 Å². The number of amides is 4. The van der Waals surface area contributed by atoms with Gasteiger partial charge in [0, 0.05) is 50.5 Å². The van der Waals surface area contributed by atoms with Crippen molar-refractivity contribution in [3.8, 4) is 0 Å². The van der Waals surface area contributed by atoms with Gasteiger partial charge in [-0.25, -0.2) is 0 Å². The number of hydrogen-bond donors (Lipinski definition) is 0. The van der Waals surface area contributed by atoms with Crippen LogP contribution in [0.2, 0.25) is 0 Å². The summed E-state index contributed by atoms with van der Waals surface area (Å²) in [7, 11) is 0. The van der Waals surface area contributed by atoms with Crippen molar-refractivity contribution in [1.29, 1.82) is 0 Å². The van der Waals surface area contributed by atoms with Gasteiger partial charge in [0.15, 0.2) is 0 Å². The third-order valence-corrected chi connectivity index (χ3v) is 30.9. The second-order valence-electron chi connectivity index (χ2n) is 40.8. The number of unbranched alkanes of at least 4 members (excludes halogenated alkanes) is 36. The van der Waals surface area contributed by atoms with Gasteiger partial charge in [0.05, 0.1) is 54.7 Å². The quantitative estimate of drug-likeness (QED) is 0.0256. The van der Waals surface area contributed by atoms with Gasteiger partial charge in [0.25, 0.3) is 68.1 Å². The van der Waals surface area contributed by atoms with Crippen molar-refractivity contribution in [3.63, 3.8) is 0 Å². The molecule has 4 amide bonds. The summed E-state index contributed by atoms with van der Waals surface area (Å²) in [6.45, 7) is 17.8. The van der Waals surface area contributed by atoms with Gasteiger partial charge in [-0.15, -0.1) is 0 Å². The Morgan fingerprint density at radius 2 is 0.484 bits per heavy atom. The molecular weight excluding hydrogens is 1570 g/mol. The average Bonchev–Trinajstić information content (AvgIpc) is 1.56. The zero-order valence-electron chi connectivity index (χ0n) is 79.6. The largest absolute Gasteiger partial charge is 0.275 e. The van der Waals surface area contributed by atoms with Crippen LogP contribution in [0.1, 0.15) is 427 Å². The third kappa shape index (κ3) is 27.0. The van der Waals surface area contributed by atoms with E-state index in [-0.39, 0.29) is 92.1 Å². The molecule has 6 aromatic rings. The monoisotopic (exact) mass is 1740 g/mol. The number of hydrogen-bond acceptors (Lipinski definition) is 12. The van der Waals surface area contributed by atoms with Crippen LogP contribution in [0.4, 0.5) is 0 Å². The molecule has 6 heterocycles. The zero-order chi connectivity index (χ0) is 90.1. The molecule has 9 unspecified atom stereocenters. The van der Waals surface area contributed by atoms with E-state index in [4.69, 9.17) is 0 Å². The summed E-state index contributed by atoms with van der Waals surface area (Å²) in [5, 5.41) is 0.223. The van der Waals surface area contributed by atoms with Crippen LogP contribution in [0.25, 0.3) is 43.1 Å². The summed E-state index contributed by atoms with van der Waals surface area (Å²) in [5.74, 6) is 5.43. The number of carbonyl (C=O) groups excluding carboxylic acids is 4. The van der Waals surface area contributed by atoms with Gasteiger partial charge in [0.1, 0.15) is 0 Å².